The second-order valence-electron chi connectivity index (χ2n) is 7.14. The summed E-state index contributed by atoms with van der Waals surface area (Å²) in [6, 6.07) is -1.56. The molecule has 0 aliphatic rings. The summed E-state index contributed by atoms with van der Waals surface area (Å²) < 4.78 is 46.3. The molecule has 0 aromatic carbocycles. The van der Waals surface area contributed by atoms with Gasteiger partial charge in [-0.05, 0) is 18.1 Å². The van der Waals surface area contributed by atoms with Gasteiger partial charge in [0.25, 0.3) is 0 Å². The highest BCUT2D eigenvalue weighted by Crippen LogP contribution is 2.41. The molecule has 0 saturated heterocycles. The Bertz CT molecular complexity index is 504. The van der Waals surface area contributed by atoms with Crippen LogP contribution in [0.15, 0.2) is 5.11 Å². The highest BCUT2D eigenvalue weighted by Gasteiger charge is 2.52. The van der Waals surface area contributed by atoms with E-state index in [-0.39, 0.29) is 0 Å². The number of hydrogen-bond donors (Lipinski definition) is 3. The predicted molar refractivity (Wildman–Crippen MR) is 83.2 cm³/mol. The maximum Gasteiger partial charge on any atom is 0.396 e. The van der Waals surface area contributed by atoms with Crippen LogP contribution < -0.4 is 15.3 Å². The Kier molecular flexibility index (Phi) is 8.22. The summed E-state index contributed by atoms with van der Waals surface area (Å²) in [5.74, 6) is -2.25. The molecule has 0 unspecified atom stereocenters. The number of carboxylic acid groups (broad SMARTS) is 1. The Labute approximate surface area is 145 Å². The summed E-state index contributed by atoms with van der Waals surface area (Å²) in [4.78, 5) is 13.4. The average Bonchev–Trinajstić information content (AvgIpc) is 2.41. The lowest BCUT2D eigenvalue weighted by Gasteiger charge is -2.43. The summed E-state index contributed by atoms with van der Waals surface area (Å²) in [6.45, 7) is 6.99. The molecule has 1 amide bonds. The lowest BCUT2D eigenvalue weighted by atomic mass is 9.96. The number of aliphatic hydroxyl groups excluding tert-OH is 1. The fraction of sp³-hybridized carbons (Fsp3) is 0.923. The van der Waals surface area contributed by atoms with Crippen molar-refractivity contribution in [3.05, 3.63) is 0 Å². The van der Waals surface area contributed by atoms with E-state index in [9.17, 15) is 28.2 Å². The normalized spacial score (nSPS) is 16.5. The molecule has 146 valence electrons. The molecule has 0 heterocycles. The van der Waals surface area contributed by atoms with Crippen LogP contribution in [0.3, 0.4) is 0 Å². The van der Waals surface area contributed by atoms with Crippen LogP contribution in [0.25, 0.3) is 0 Å². The second kappa shape index (κ2) is 8.74. The fourth-order valence-corrected chi connectivity index (χ4v) is 3.23. The molecule has 0 aromatic rings. The third-order valence-electron chi connectivity index (χ3n) is 4.30. The largest absolute Gasteiger partial charge is 0.530 e. The van der Waals surface area contributed by atoms with Crippen molar-refractivity contribution in [2.45, 2.75) is 57.2 Å². The van der Waals surface area contributed by atoms with Crippen LogP contribution in [0.2, 0.25) is 18.1 Å². The first-order valence-electron chi connectivity index (χ1n) is 7.53. The van der Waals surface area contributed by atoms with Gasteiger partial charge < -0.3 is 24.8 Å². The number of carbonyl (C=O) groups excluding carboxylic acids is 1. The molecule has 0 aromatic heterocycles. The smallest absolute Gasteiger partial charge is 0.396 e. The van der Waals surface area contributed by atoms with Crippen molar-refractivity contribution in [1.29, 1.82) is 5.53 Å². The molecule has 8 nitrogen and oxygen atoms in total. The van der Waals surface area contributed by atoms with Gasteiger partial charge in [-0.2, -0.15) is 13.2 Å². The number of rotatable bonds is 8. The minimum atomic E-state index is -4.80. The number of halogens is 3. The third kappa shape index (κ3) is 7.10. The molecule has 0 rings (SSSR count). The van der Waals surface area contributed by atoms with Gasteiger partial charge in [0.1, 0.15) is 29.2 Å². The zero-order valence-corrected chi connectivity index (χ0v) is 15.8. The van der Waals surface area contributed by atoms with Gasteiger partial charge in [-0.1, -0.05) is 20.8 Å². The number of nitrogens with zero attached hydrogens (tertiary/aromatic N) is 2. The van der Waals surface area contributed by atoms with Gasteiger partial charge >= 0.3 is 6.18 Å². The zero-order chi connectivity index (χ0) is 20.1. The topological polar surface area (TPSA) is 132 Å². The molecule has 0 bridgehead atoms. The number of hydrogen-bond acceptors (Lipinski definition) is 6. The van der Waals surface area contributed by atoms with Gasteiger partial charge in [-0.3, -0.25) is 0 Å². The van der Waals surface area contributed by atoms with Crippen molar-refractivity contribution < 1.29 is 32.6 Å². The first kappa shape index (κ1) is 23.5. The van der Waals surface area contributed by atoms with Crippen LogP contribution in [0.4, 0.5) is 18.0 Å². The van der Waals surface area contributed by atoms with Gasteiger partial charge in [0.05, 0.1) is 18.8 Å². The molecular weight excluding hydrogens is 361 g/mol. The second-order valence-corrected chi connectivity index (χ2v) is 11.9. The standard InChI is InChI=1S/C13H25F3N4O4Si/c1-12(2,3)25(4,5)24-10(9(7-21)19-11(22)23)8(6-18-20-17)13(14,15)16/h8-10,17,19,21H,6-7H2,1-5H3/t8-,9+,10+/m0/s1. The predicted octanol–water partition coefficient (Wildman–Crippen LogP) is 1.40. The fourth-order valence-electron chi connectivity index (χ4n) is 1.87. The minimum Gasteiger partial charge on any atom is -0.530 e. The van der Waals surface area contributed by atoms with E-state index >= 15 is 0 Å². The van der Waals surface area contributed by atoms with Crippen LogP contribution in [-0.4, -0.2) is 51.0 Å². The Balaban J connectivity index is 6.00. The summed E-state index contributed by atoms with van der Waals surface area (Å²) >= 11 is 0. The molecule has 25 heavy (non-hydrogen) atoms. The minimum absolute atomic E-state index is 0.459. The van der Waals surface area contributed by atoms with E-state index < -0.39 is 56.8 Å². The lowest BCUT2D eigenvalue weighted by Crippen LogP contribution is -2.60. The number of nitrogens with one attached hydrogen (secondary N) is 2. The van der Waals surface area contributed by atoms with Gasteiger partial charge in [0.15, 0.2) is 8.32 Å². The van der Waals surface area contributed by atoms with Crippen LogP contribution in [-0.2, 0) is 4.43 Å². The SMILES string of the molecule is CC(C)(C)[Si](C)(C)O[C@@H]([C@@H](CO)NC(=O)[O-])[C@H](CN=[N+]=N)C(F)(F)F. The number of alkyl halides is 3. The van der Waals surface area contributed by atoms with Crippen LogP contribution in [0, 0.1) is 11.4 Å². The number of amides is 1. The Morgan fingerprint density at radius 2 is 1.92 bits per heavy atom. The highest BCUT2D eigenvalue weighted by molar-refractivity contribution is 6.74. The Hall–Kier alpha value is -1.49. The Morgan fingerprint density at radius 1 is 1.40 bits per heavy atom. The molecule has 3 N–H and O–H groups in total. The Morgan fingerprint density at radius 3 is 2.24 bits per heavy atom. The van der Waals surface area contributed by atoms with E-state index in [0.29, 0.717) is 0 Å². The number of aliphatic hydroxyl groups is 1. The van der Waals surface area contributed by atoms with E-state index in [1.807, 2.05) is 20.8 Å². The van der Waals surface area contributed by atoms with Crippen molar-refractivity contribution in [1.82, 2.24) is 10.2 Å². The highest BCUT2D eigenvalue weighted by atomic mass is 28.4. The van der Waals surface area contributed by atoms with E-state index in [0.717, 1.165) is 0 Å². The zero-order valence-electron chi connectivity index (χ0n) is 14.8. The van der Waals surface area contributed by atoms with E-state index in [2.05, 4.69) is 10.0 Å². The van der Waals surface area contributed by atoms with Crippen molar-refractivity contribution in [2.24, 2.45) is 11.0 Å². The molecule has 0 aliphatic heterocycles. The first-order chi connectivity index (χ1) is 11.2. The van der Waals surface area contributed by atoms with E-state index in [1.165, 1.54) is 0 Å². The molecule has 0 saturated carbocycles. The summed E-state index contributed by atoms with van der Waals surface area (Å²) in [5, 5.41) is 24.6. The summed E-state index contributed by atoms with van der Waals surface area (Å²) in [5.41, 5.74) is 6.58. The summed E-state index contributed by atoms with van der Waals surface area (Å²) in [7, 11) is -2.76. The molecule has 3 atom stereocenters. The third-order valence-corrected chi connectivity index (χ3v) is 8.77. The molecule has 0 fully saturated rings. The molecule has 0 spiro atoms. The van der Waals surface area contributed by atoms with E-state index in [1.54, 1.807) is 18.4 Å². The summed E-state index contributed by atoms with van der Waals surface area (Å²) in [6.07, 6.45) is -8.37. The lowest BCUT2D eigenvalue weighted by molar-refractivity contribution is -0.254. The van der Waals surface area contributed by atoms with Gasteiger partial charge in [-0.15, -0.1) is 0 Å². The first-order valence-corrected chi connectivity index (χ1v) is 10.4. The van der Waals surface area contributed by atoms with E-state index in [4.69, 9.17) is 9.96 Å². The van der Waals surface area contributed by atoms with Gasteiger partial charge in [0, 0.05) is 0 Å². The van der Waals surface area contributed by atoms with Crippen molar-refractivity contribution in [3.8, 4) is 0 Å². The maximum absolute atomic E-state index is 13.5. The molecule has 12 heteroatoms. The van der Waals surface area contributed by atoms with Gasteiger partial charge in [-0.25, -0.2) is 0 Å². The average molecular weight is 386 g/mol. The quantitative estimate of drug-likeness (QED) is 0.330. The van der Waals surface area contributed by atoms with Crippen molar-refractivity contribution in [2.75, 3.05) is 13.2 Å². The van der Waals surface area contributed by atoms with Gasteiger partial charge in [0.2, 0.25) is 4.91 Å². The van der Waals surface area contributed by atoms with Crippen molar-refractivity contribution in [3.63, 3.8) is 0 Å². The maximum atomic E-state index is 13.5. The van der Waals surface area contributed by atoms with Crippen LogP contribution >= 0.6 is 0 Å². The number of carbonyl (C=O) groups is 1. The molecule has 0 radical (unpaired) electrons. The molecule has 0 aliphatic carbocycles. The van der Waals surface area contributed by atoms with Crippen LogP contribution in [0.5, 0.6) is 0 Å². The van der Waals surface area contributed by atoms with Crippen molar-refractivity contribution >= 4 is 14.4 Å². The van der Waals surface area contributed by atoms with Crippen LogP contribution in [0.1, 0.15) is 20.8 Å². The molecular formula is C13H25F3N4O4Si. The monoisotopic (exact) mass is 386 g/mol.